The number of anilines is 1. The van der Waals surface area contributed by atoms with Gasteiger partial charge in [0.2, 0.25) is 16.0 Å². The lowest BCUT2D eigenvalue weighted by Gasteiger charge is -2.34. The Labute approximate surface area is 194 Å². The molecule has 1 aliphatic heterocycles. The van der Waals surface area contributed by atoms with E-state index in [0.29, 0.717) is 19.0 Å². The minimum atomic E-state index is -4.75. The van der Waals surface area contributed by atoms with Gasteiger partial charge in [-0.2, -0.15) is 17.5 Å². The number of rotatable bonds is 7. The summed E-state index contributed by atoms with van der Waals surface area (Å²) >= 11 is 0. The van der Waals surface area contributed by atoms with E-state index in [2.05, 4.69) is 20.3 Å². The molecule has 188 valence electrons. The standard InChI is InChI=1S/C20H26F4N6O3S/c1-19(2,31)10-29-9-16(26-11-29)17-13(20(22,23)24)7-25-18(28-17)27-15-5-6-30(8-14(15)21)34(32,33)12-3-4-12/h7,9,11-12,14-15,31H,3-6,8,10H2,1-2H3,(H,25,27,28)/t14-,15+/m1/s1. The molecule has 3 heterocycles. The van der Waals surface area contributed by atoms with Crippen molar-refractivity contribution in [2.24, 2.45) is 0 Å². The Bertz CT molecular complexity index is 1140. The number of hydrogen-bond donors (Lipinski definition) is 2. The summed E-state index contributed by atoms with van der Waals surface area (Å²) in [5.41, 5.74) is -2.78. The Kier molecular flexibility index (Phi) is 6.36. The number of aromatic nitrogens is 4. The SMILES string of the molecule is CC(C)(O)Cn1cnc(-c2nc(N[C@H]3CCN(S(=O)(=O)C4CC4)C[C@H]3F)ncc2C(F)(F)F)c1. The van der Waals surface area contributed by atoms with Crippen LogP contribution in [0, 0.1) is 0 Å². The fourth-order valence-corrected chi connectivity index (χ4v) is 5.75. The second kappa shape index (κ2) is 8.72. The minimum Gasteiger partial charge on any atom is -0.389 e. The fourth-order valence-electron chi connectivity index (χ4n) is 3.88. The number of nitrogens with one attached hydrogen (secondary N) is 1. The summed E-state index contributed by atoms with van der Waals surface area (Å²) in [6.07, 6.45) is -1.83. The first kappa shape index (κ1) is 24.8. The number of sulfonamides is 1. The van der Waals surface area contributed by atoms with Crippen LogP contribution in [-0.4, -0.2) is 73.5 Å². The van der Waals surface area contributed by atoms with Crippen LogP contribution in [0.2, 0.25) is 0 Å². The maximum absolute atomic E-state index is 14.8. The molecule has 0 spiro atoms. The molecule has 0 aromatic carbocycles. The number of halogens is 4. The molecule has 1 saturated heterocycles. The lowest BCUT2D eigenvalue weighted by Crippen LogP contribution is -2.50. The van der Waals surface area contributed by atoms with Crippen LogP contribution in [0.25, 0.3) is 11.4 Å². The van der Waals surface area contributed by atoms with Gasteiger partial charge < -0.3 is 15.0 Å². The van der Waals surface area contributed by atoms with Crippen molar-refractivity contribution in [3.8, 4) is 11.4 Å². The molecule has 0 amide bonds. The van der Waals surface area contributed by atoms with Crippen LogP contribution < -0.4 is 5.32 Å². The van der Waals surface area contributed by atoms with Gasteiger partial charge in [-0.3, -0.25) is 0 Å². The van der Waals surface area contributed by atoms with Crippen molar-refractivity contribution in [2.45, 2.75) is 68.9 Å². The molecule has 9 nitrogen and oxygen atoms in total. The van der Waals surface area contributed by atoms with E-state index in [1.807, 2.05) is 0 Å². The van der Waals surface area contributed by atoms with Crippen molar-refractivity contribution in [1.82, 2.24) is 23.8 Å². The molecule has 2 aromatic rings. The van der Waals surface area contributed by atoms with Crippen molar-refractivity contribution in [1.29, 1.82) is 0 Å². The molecule has 2 N–H and O–H groups in total. The number of piperidine rings is 1. The Morgan fingerprint density at radius 1 is 1.21 bits per heavy atom. The topological polar surface area (TPSA) is 113 Å². The highest BCUT2D eigenvalue weighted by molar-refractivity contribution is 7.90. The fraction of sp³-hybridized carbons (Fsp3) is 0.650. The zero-order valence-electron chi connectivity index (χ0n) is 18.6. The lowest BCUT2D eigenvalue weighted by molar-refractivity contribution is -0.137. The molecular formula is C20H26F4N6O3S. The van der Waals surface area contributed by atoms with Crippen LogP contribution in [0.15, 0.2) is 18.7 Å². The van der Waals surface area contributed by atoms with Crippen LogP contribution in [-0.2, 0) is 22.7 Å². The first-order chi connectivity index (χ1) is 15.7. The second-order valence-corrected chi connectivity index (χ2v) is 11.6. The van der Waals surface area contributed by atoms with Crippen molar-refractivity contribution in [3.05, 3.63) is 24.3 Å². The summed E-state index contributed by atoms with van der Waals surface area (Å²) in [4.78, 5) is 11.7. The third-order valence-corrected chi connectivity index (χ3v) is 8.03. The second-order valence-electron chi connectivity index (χ2n) is 9.36. The van der Waals surface area contributed by atoms with Crippen LogP contribution in [0.3, 0.4) is 0 Å². The highest BCUT2D eigenvalue weighted by Crippen LogP contribution is 2.36. The van der Waals surface area contributed by atoms with Crippen molar-refractivity contribution >= 4 is 16.0 Å². The van der Waals surface area contributed by atoms with Gasteiger partial charge in [0.15, 0.2) is 0 Å². The molecule has 2 fully saturated rings. The molecule has 1 saturated carbocycles. The first-order valence-corrected chi connectivity index (χ1v) is 12.3. The molecule has 2 aliphatic rings. The number of nitrogens with zero attached hydrogens (tertiary/aromatic N) is 5. The van der Waals surface area contributed by atoms with Gasteiger partial charge in [-0.05, 0) is 33.1 Å². The molecule has 2 aromatic heterocycles. The van der Waals surface area contributed by atoms with E-state index in [-0.39, 0.29) is 37.7 Å². The van der Waals surface area contributed by atoms with E-state index in [9.17, 15) is 31.1 Å². The monoisotopic (exact) mass is 506 g/mol. The van der Waals surface area contributed by atoms with E-state index in [1.54, 1.807) is 13.8 Å². The Hall–Kier alpha value is -2.32. The molecule has 0 bridgehead atoms. The van der Waals surface area contributed by atoms with Gasteiger partial charge >= 0.3 is 6.18 Å². The molecule has 0 radical (unpaired) electrons. The third kappa shape index (κ3) is 5.49. The molecule has 4 rings (SSSR count). The average molecular weight is 507 g/mol. The summed E-state index contributed by atoms with van der Waals surface area (Å²) in [7, 11) is -3.51. The molecule has 0 unspecified atom stereocenters. The van der Waals surface area contributed by atoms with E-state index in [1.165, 1.54) is 17.1 Å². The summed E-state index contributed by atoms with van der Waals surface area (Å²) in [5.74, 6) is -0.216. The normalized spacial score (nSPS) is 22.7. The lowest BCUT2D eigenvalue weighted by atomic mass is 10.1. The molecular weight excluding hydrogens is 480 g/mol. The average Bonchev–Trinajstić information content (AvgIpc) is 3.48. The maximum atomic E-state index is 14.8. The molecule has 34 heavy (non-hydrogen) atoms. The van der Waals surface area contributed by atoms with Crippen molar-refractivity contribution in [2.75, 3.05) is 18.4 Å². The largest absolute Gasteiger partial charge is 0.420 e. The highest BCUT2D eigenvalue weighted by atomic mass is 32.2. The zero-order chi connectivity index (χ0) is 24.9. The minimum absolute atomic E-state index is 0.0795. The van der Waals surface area contributed by atoms with Crippen molar-refractivity contribution in [3.63, 3.8) is 0 Å². The predicted molar refractivity (Wildman–Crippen MR) is 115 cm³/mol. The maximum Gasteiger partial charge on any atom is 0.420 e. The first-order valence-electron chi connectivity index (χ1n) is 10.8. The van der Waals surface area contributed by atoms with E-state index in [4.69, 9.17) is 0 Å². The third-order valence-electron chi connectivity index (χ3n) is 5.66. The van der Waals surface area contributed by atoms with Crippen LogP contribution in [0.4, 0.5) is 23.5 Å². The molecule has 2 atom stereocenters. The smallest absolute Gasteiger partial charge is 0.389 e. The van der Waals surface area contributed by atoms with Crippen molar-refractivity contribution < 1.29 is 31.1 Å². The van der Waals surface area contributed by atoms with Gasteiger partial charge in [-0.15, -0.1) is 0 Å². The Morgan fingerprint density at radius 3 is 2.50 bits per heavy atom. The van der Waals surface area contributed by atoms with E-state index >= 15 is 0 Å². The Balaban J connectivity index is 1.54. The van der Waals surface area contributed by atoms with Crippen LogP contribution >= 0.6 is 0 Å². The van der Waals surface area contributed by atoms with Gasteiger partial charge in [0, 0.05) is 25.5 Å². The van der Waals surface area contributed by atoms with Gasteiger partial charge in [-0.25, -0.2) is 27.8 Å². The number of aliphatic hydroxyl groups is 1. The van der Waals surface area contributed by atoms with E-state index < -0.39 is 50.5 Å². The molecule has 14 heteroatoms. The van der Waals surface area contributed by atoms with Gasteiger partial charge in [-0.1, -0.05) is 0 Å². The van der Waals surface area contributed by atoms with Gasteiger partial charge in [0.25, 0.3) is 0 Å². The Morgan fingerprint density at radius 2 is 1.91 bits per heavy atom. The van der Waals surface area contributed by atoms with Gasteiger partial charge in [0.05, 0.1) is 29.8 Å². The van der Waals surface area contributed by atoms with Crippen LogP contribution in [0.5, 0.6) is 0 Å². The molecule has 1 aliphatic carbocycles. The number of imidazole rings is 1. The van der Waals surface area contributed by atoms with Crippen LogP contribution in [0.1, 0.15) is 38.7 Å². The summed E-state index contributed by atoms with van der Waals surface area (Å²) < 4.78 is 82.9. The predicted octanol–water partition coefficient (Wildman–Crippen LogP) is 2.45. The van der Waals surface area contributed by atoms with Gasteiger partial charge in [0.1, 0.15) is 23.1 Å². The van der Waals surface area contributed by atoms with E-state index in [0.717, 1.165) is 4.31 Å². The zero-order valence-corrected chi connectivity index (χ0v) is 19.4. The highest BCUT2D eigenvalue weighted by Gasteiger charge is 2.44. The summed E-state index contributed by atoms with van der Waals surface area (Å²) in [5, 5.41) is 12.2. The number of hydrogen-bond acceptors (Lipinski definition) is 7. The summed E-state index contributed by atoms with van der Waals surface area (Å²) in [6.45, 7) is 2.98. The summed E-state index contributed by atoms with van der Waals surface area (Å²) in [6, 6.07) is -0.858. The quantitative estimate of drug-likeness (QED) is 0.555. The number of alkyl halides is 4.